The van der Waals surface area contributed by atoms with Crippen LogP contribution in [0.3, 0.4) is 0 Å². The molecule has 1 unspecified atom stereocenters. The lowest BCUT2D eigenvalue weighted by Crippen LogP contribution is -2.28. The lowest BCUT2D eigenvalue weighted by molar-refractivity contribution is -0.119. The number of amides is 1. The number of unbranched alkanes of at least 4 members (excludes halogenated alkanes) is 1. The summed E-state index contributed by atoms with van der Waals surface area (Å²) in [7, 11) is 0. The first-order chi connectivity index (χ1) is 5.22. The average Bonchev–Trinajstić information content (AvgIpc) is 2.00. The molecule has 0 fully saturated rings. The van der Waals surface area contributed by atoms with Crippen molar-refractivity contribution in [3.63, 3.8) is 0 Å². The summed E-state index contributed by atoms with van der Waals surface area (Å²) in [6, 6.07) is -0.620. The Balaban J connectivity index is 3.73. The lowest BCUT2D eigenvalue weighted by atomic mass is 10.1. The van der Waals surface area contributed by atoms with Crippen LogP contribution in [0.2, 0.25) is 0 Å². The fourth-order valence-electron chi connectivity index (χ4n) is 0.666. The Morgan fingerprint density at radius 2 is 2.45 bits per heavy atom. The predicted molar refractivity (Wildman–Crippen MR) is 41.7 cm³/mol. The molecule has 0 aromatic rings. The second-order valence-corrected chi connectivity index (χ2v) is 2.28. The number of nitrogens with two attached hydrogens (primary N) is 1. The van der Waals surface area contributed by atoms with Gasteiger partial charge in [-0.1, -0.05) is 19.8 Å². The Labute approximate surface area is 65.2 Å². The average molecular weight is 156 g/mol. The van der Waals surface area contributed by atoms with E-state index in [1.54, 1.807) is 0 Å². The Kier molecular flexibility index (Phi) is 5.15. The van der Waals surface area contributed by atoms with Crippen LogP contribution in [-0.2, 0) is 4.79 Å². The maximum Gasteiger partial charge on any atom is 0.235 e. The molecule has 11 heavy (non-hydrogen) atoms. The summed E-state index contributed by atoms with van der Waals surface area (Å²) < 4.78 is 0. The summed E-state index contributed by atoms with van der Waals surface area (Å²) >= 11 is 0. The van der Waals surface area contributed by atoms with Gasteiger partial charge in [-0.2, -0.15) is 0 Å². The molecule has 0 aliphatic heterocycles. The second kappa shape index (κ2) is 5.70. The molecule has 0 aromatic heterocycles. The molecule has 0 aliphatic rings. The van der Waals surface area contributed by atoms with Gasteiger partial charge in [0, 0.05) is 4.91 Å². The van der Waals surface area contributed by atoms with E-state index < -0.39 is 11.9 Å². The predicted octanol–water partition coefficient (Wildman–Crippen LogP) is 1.34. The number of azide groups is 1. The van der Waals surface area contributed by atoms with E-state index >= 15 is 0 Å². The zero-order chi connectivity index (χ0) is 8.69. The van der Waals surface area contributed by atoms with Gasteiger partial charge in [0.25, 0.3) is 0 Å². The van der Waals surface area contributed by atoms with Crippen molar-refractivity contribution in [1.29, 1.82) is 0 Å². The number of hydrogen-bond acceptors (Lipinski definition) is 2. The first-order valence-corrected chi connectivity index (χ1v) is 3.57. The molecule has 2 N–H and O–H groups in total. The number of carbonyl (C=O) groups excluding carboxylic acids is 1. The Bertz CT molecular complexity index is 173. The highest BCUT2D eigenvalue weighted by atomic mass is 16.2. The quantitative estimate of drug-likeness (QED) is 0.378. The van der Waals surface area contributed by atoms with Crippen LogP contribution >= 0.6 is 0 Å². The van der Waals surface area contributed by atoms with Crippen molar-refractivity contribution in [2.45, 2.75) is 32.2 Å². The third-order valence-corrected chi connectivity index (χ3v) is 1.33. The molecule has 5 heteroatoms. The van der Waals surface area contributed by atoms with Gasteiger partial charge in [-0.05, 0) is 17.1 Å². The van der Waals surface area contributed by atoms with Crippen LogP contribution in [0.4, 0.5) is 0 Å². The molecule has 1 amide bonds. The Morgan fingerprint density at radius 1 is 1.82 bits per heavy atom. The largest absolute Gasteiger partial charge is 0.321 e. The maximum atomic E-state index is 10.7. The highest BCUT2D eigenvalue weighted by Crippen LogP contribution is 1.99. The molecule has 1 atom stereocenters. The number of hydrogen-bond donors (Lipinski definition) is 1. The van der Waals surface area contributed by atoms with E-state index in [0.717, 1.165) is 12.8 Å². The van der Waals surface area contributed by atoms with Gasteiger partial charge < -0.3 is 5.73 Å². The van der Waals surface area contributed by atoms with Crippen LogP contribution < -0.4 is 5.73 Å². The summed E-state index contributed by atoms with van der Waals surface area (Å²) in [5.41, 5.74) is 13.3. The molecule has 0 rings (SSSR count). The molecule has 0 aromatic carbocycles. The number of carbonyl (C=O) groups is 1. The van der Waals surface area contributed by atoms with E-state index in [0.29, 0.717) is 6.42 Å². The van der Waals surface area contributed by atoms with Crippen molar-refractivity contribution >= 4 is 5.91 Å². The third-order valence-electron chi connectivity index (χ3n) is 1.33. The van der Waals surface area contributed by atoms with Crippen molar-refractivity contribution in [3.05, 3.63) is 10.4 Å². The smallest absolute Gasteiger partial charge is 0.235 e. The number of rotatable bonds is 4. The van der Waals surface area contributed by atoms with Crippen molar-refractivity contribution in [2.24, 2.45) is 10.8 Å². The van der Waals surface area contributed by atoms with Crippen LogP contribution in [0.1, 0.15) is 26.2 Å². The zero-order valence-corrected chi connectivity index (χ0v) is 6.53. The molecule has 0 heterocycles. The topological polar surface area (TPSA) is 91.9 Å². The van der Waals surface area contributed by atoms with Crippen LogP contribution in [-0.4, -0.2) is 11.9 Å². The third kappa shape index (κ3) is 4.36. The molecular formula is C6H12N4O. The molecule has 0 bridgehead atoms. The molecule has 62 valence electrons. The maximum absolute atomic E-state index is 10.7. The highest BCUT2D eigenvalue weighted by Gasteiger charge is 2.09. The van der Waals surface area contributed by atoms with Crippen molar-refractivity contribution < 1.29 is 4.79 Å². The summed E-state index contributed by atoms with van der Waals surface area (Å²) in [5.74, 6) is -0.569. The molecule has 0 saturated carbocycles. The lowest BCUT2D eigenvalue weighted by Gasteiger charge is -2.03. The van der Waals surface area contributed by atoms with E-state index in [1.165, 1.54) is 0 Å². The first-order valence-electron chi connectivity index (χ1n) is 3.57. The van der Waals surface area contributed by atoms with Crippen LogP contribution in [0.25, 0.3) is 10.4 Å². The van der Waals surface area contributed by atoms with Gasteiger partial charge in [-0.3, -0.25) is 4.79 Å². The van der Waals surface area contributed by atoms with E-state index in [4.69, 9.17) is 11.3 Å². The minimum Gasteiger partial charge on any atom is -0.321 e. The fourth-order valence-corrected chi connectivity index (χ4v) is 0.666. The van der Waals surface area contributed by atoms with E-state index in [-0.39, 0.29) is 0 Å². The molecule has 0 saturated heterocycles. The van der Waals surface area contributed by atoms with Gasteiger partial charge in [0.2, 0.25) is 5.91 Å². The van der Waals surface area contributed by atoms with Crippen LogP contribution in [0.5, 0.6) is 0 Å². The summed E-state index contributed by atoms with van der Waals surface area (Å²) in [4.78, 5) is 13.1. The molecular weight excluding hydrogens is 144 g/mol. The van der Waals surface area contributed by atoms with Crippen molar-refractivity contribution in [1.82, 2.24) is 0 Å². The van der Waals surface area contributed by atoms with Crippen LogP contribution in [0.15, 0.2) is 5.11 Å². The van der Waals surface area contributed by atoms with Gasteiger partial charge in [0.15, 0.2) is 0 Å². The summed E-state index contributed by atoms with van der Waals surface area (Å²) in [6.45, 7) is 2.00. The SMILES string of the molecule is CCCCC(N)C(=O)N=[N+]=[N-]. The monoisotopic (exact) mass is 156 g/mol. The molecule has 0 aliphatic carbocycles. The van der Waals surface area contributed by atoms with Gasteiger partial charge in [-0.15, -0.1) is 0 Å². The van der Waals surface area contributed by atoms with E-state index in [1.807, 2.05) is 6.92 Å². The van der Waals surface area contributed by atoms with Gasteiger partial charge in [0.1, 0.15) is 0 Å². The normalized spacial score (nSPS) is 11.8. The minimum atomic E-state index is -0.620. The fraction of sp³-hybridized carbons (Fsp3) is 0.833. The molecule has 5 nitrogen and oxygen atoms in total. The van der Waals surface area contributed by atoms with Gasteiger partial charge in [0.05, 0.1) is 6.04 Å². The standard InChI is InChI=1S/C6H12N4O/c1-2-3-4-5(7)6(11)9-10-8/h5H,2-4,7H2,1H3. The second-order valence-electron chi connectivity index (χ2n) is 2.28. The number of nitrogens with zero attached hydrogens (tertiary/aromatic N) is 3. The first kappa shape index (κ1) is 9.94. The van der Waals surface area contributed by atoms with E-state index in [2.05, 4.69) is 10.0 Å². The summed E-state index contributed by atoms with van der Waals surface area (Å²) in [5, 5.41) is 2.89. The Morgan fingerprint density at radius 3 is 2.91 bits per heavy atom. The van der Waals surface area contributed by atoms with E-state index in [9.17, 15) is 4.79 Å². The molecule has 0 spiro atoms. The summed E-state index contributed by atoms with van der Waals surface area (Å²) in [6.07, 6.45) is 2.46. The van der Waals surface area contributed by atoms with Crippen LogP contribution in [0, 0.1) is 0 Å². The molecule has 0 radical (unpaired) electrons. The van der Waals surface area contributed by atoms with Crippen molar-refractivity contribution in [3.8, 4) is 0 Å². The highest BCUT2D eigenvalue weighted by molar-refractivity contribution is 5.82. The Hall–Kier alpha value is -1.06. The van der Waals surface area contributed by atoms with Crippen molar-refractivity contribution in [2.75, 3.05) is 0 Å². The zero-order valence-electron chi connectivity index (χ0n) is 6.53. The van der Waals surface area contributed by atoms with Gasteiger partial charge in [-0.25, -0.2) is 0 Å². The minimum absolute atomic E-state index is 0.569. The van der Waals surface area contributed by atoms with Gasteiger partial charge >= 0.3 is 0 Å².